The van der Waals surface area contributed by atoms with Gasteiger partial charge in [-0.25, -0.2) is 4.98 Å². The van der Waals surface area contributed by atoms with Crippen LogP contribution in [0.4, 0.5) is 5.69 Å². The molecule has 0 fully saturated rings. The van der Waals surface area contributed by atoms with Crippen LogP contribution in [0.25, 0.3) is 11.1 Å². The van der Waals surface area contributed by atoms with E-state index in [1.807, 2.05) is 29.8 Å². The highest BCUT2D eigenvalue weighted by atomic mass is 16.3. The molecule has 5 heteroatoms. The second kappa shape index (κ2) is 4.12. The van der Waals surface area contributed by atoms with Gasteiger partial charge in [-0.2, -0.15) is 5.10 Å². The summed E-state index contributed by atoms with van der Waals surface area (Å²) >= 11 is 0. The van der Waals surface area contributed by atoms with Gasteiger partial charge in [0.05, 0.1) is 5.69 Å². The van der Waals surface area contributed by atoms with E-state index in [4.69, 9.17) is 10.2 Å². The van der Waals surface area contributed by atoms with Gasteiger partial charge in [-0.1, -0.05) is 0 Å². The van der Waals surface area contributed by atoms with Crippen molar-refractivity contribution in [2.75, 3.05) is 5.73 Å². The summed E-state index contributed by atoms with van der Waals surface area (Å²) in [7, 11) is 0. The summed E-state index contributed by atoms with van der Waals surface area (Å²) in [5.74, 6) is 0.645. The maximum atomic E-state index is 5.73. The molecule has 0 amide bonds. The number of benzene rings is 1. The van der Waals surface area contributed by atoms with Crippen LogP contribution in [0.15, 0.2) is 22.6 Å². The number of rotatable bonds is 2. The van der Waals surface area contributed by atoms with E-state index in [-0.39, 0.29) is 0 Å². The van der Waals surface area contributed by atoms with E-state index in [1.54, 1.807) is 0 Å². The Morgan fingerprint density at radius 3 is 2.74 bits per heavy atom. The predicted molar refractivity (Wildman–Crippen MR) is 74.0 cm³/mol. The van der Waals surface area contributed by atoms with Gasteiger partial charge in [0.25, 0.3) is 0 Å². The summed E-state index contributed by atoms with van der Waals surface area (Å²) in [5.41, 5.74) is 11.3. The van der Waals surface area contributed by atoms with Crippen LogP contribution in [0.1, 0.15) is 22.8 Å². The zero-order valence-electron chi connectivity index (χ0n) is 11.3. The summed E-state index contributed by atoms with van der Waals surface area (Å²) in [6.45, 7) is 6.66. The Bertz CT molecular complexity index is 754. The number of aromatic nitrogens is 3. The molecule has 0 unspecified atom stereocenters. The number of anilines is 1. The number of aryl methyl sites for hydroxylation is 1. The smallest absolute Gasteiger partial charge is 0.217 e. The highest BCUT2D eigenvalue weighted by Crippen LogP contribution is 2.20. The lowest BCUT2D eigenvalue weighted by molar-refractivity contribution is 0.486. The fourth-order valence-electron chi connectivity index (χ4n) is 2.13. The molecule has 0 bridgehead atoms. The third-order valence-corrected chi connectivity index (χ3v) is 3.48. The normalized spacial score (nSPS) is 11.3. The van der Waals surface area contributed by atoms with E-state index in [1.165, 1.54) is 5.56 Å². The van der Waals surface area contributed by atoms with Crippen molar-refractivity contribution in [2.45, 2.75) is 27.3 Å². The first-order valence-electron chi connectivity index (χ1n) is 6.20. The lowest BCUT2D eigenvalue weighted by atomic mass is 10.2. The molecule has 0 atom stereocenters. The van der Waals surface area contributed by atoms with Crippen LogP contribution >= 0.6 is 0 Å². The van der Waals surface area contributed by atoms with Gasteiger partial charge in [-0.15, -0.1) is 0 Å². The topological polar surface area (TPSA) is 69.9 Å². The van der Waals surface area contributed by atoms with E-state index in [0.29, 0.717) is 18.1 Å². The molecule has 0 saturated heterocycles. The van der Waals surface area contributed by atoms with Crippen molar-refractivity contribution in [3.8, 4) is 0 Å². The first kappa shape index (κ1) is 11.8. The van der Waals surface area contributed by atoms with E-state index >= 15 is 0 Å². The number of hydrogen-bond acceptors (Lipinski definition) is 4. The van der Waals surface area contributed by atoms with Crippen LogP contribution in [0.5, 0.6) is 0 Å². The Labute approximate surface area is 111 Å². The lowest BCUT2D eigenvalue weighted by Gasteiger charge is -2.00. The van der Waals surface area contributed by atoms with E-state index < -0.39 is 0 Å². The highest BCUT2D eigenvalue weighted by Gasteiger charge is 2.11. The Kier molecular flexibility index (Phi) is 2.55. The number of fused-ring (bicyclic) bond motifs is 1. The first-order chi connectivity index (χ1) is 9.04. The summed E-state index contributed by atoms with van der Waals surface area (Å²) in [6, 6.07) is 5.47. The zero-order valence-corrected chi connectivity index (χ0v) is 11.3. The van der Waals surface area contributed by atoms with Gasteiger partial charge in [0.2, 0.25) is 5.89 Å². The second-order valence-electron chi connectivity index (χ2n) is 4.79. The zero-order chi connectivity index (χ0) is 13.6. The number of nitrogens with zero attached hydrogens (tertiary/aromatic N) is 3. The van der Waals surface area contributed by atoms with Crippen molar-refractivity contribution in [1.82, 2.24) is 14.8 Å². The fraction of sp³-hybridized carbons (Fsp3) is 0.286. The molecular formula is C14H16N4O. The minimum Gasteiger partial charge on any atom is -0.439 e. The van der Waals surface area contributed by atoms with Gasteiger partial charge in [0.1, 0.15) is 12.1 Å². The average Bonchev–Trinajstić information content (AvgIpc) is 2.86. The fourth-order valence-corrected chi connectivity index (χ4v) is 2.13. The molecule has 1 aromatic carbocycles. The third-order valence-electron chi connectivity index (χ3n) is 3.48. The van der Waals surface area contributed by atoms with Crippen LogP contribution in [-0.4, -0.2) is 14.8 Å². The Morgan fingerprint density at radius 2 is 2.05 bits per heavy atom. The van der Waals surface area contributed by atoms with Gasteiger partial charge >= 0.3 is 0 Å². The summed E-state index contributed by atoms with van der Waals surface area (Å²) in [5, 5.41) is 4.48. The van der Waals surface area contributed by atoms with Crippen LogP contribution in [0, 0.1) is 20.8 Å². The van der Waals surface area contributed by atoms with Crippen LogP contribution in [0.2, 0.25) is 0 Å². The van der Waals surface area contributed by atoms with Gasteiger partial charge in [-0.3, -0.25) is 4.68 Å². The van der Waals surface area contributed by atoms with E-state index in [9.17, 15) is 0 Å². The monoisotopic (exact) mass is 256 g/mol. The maximum Gasteiger partial charge on any atom is 0.217 e. The van der Waals surface area contributed by atoms with Crippen molar-refractivity contribution in [3.05, 3.63) is 41.0 Å². The van der Waals surface area contributed by atoms with E-state index in [2.05, 4.69) is 23.9 Å². The largest absolute Gasteiger partial charge is 0.439 e. The van der Waals surface area contributed by atoms with Crippen LogP contribution in [-0.2, 0) is 6.54 Å². The minimum absolute atomic E-state index is 0.537. The Morgan fingerprint density at radius 1 is 1.26 bits per heavy atom. The Balaban J connectivity index is 1.98. The molecule has 0 aliphatic heterocycles. The maximum absolute atomic E-state index is 5.73. The molecule has 2 heterocycles. The number of hydrogen-bond donors (Lipinski definition) is 1. The minimum atomic E-state index is 0.537. The van der Waals surface area contributed by atoms with Gasteiger partial charge in [0, 0.05) is 11.4 Å². The molecule has 19 heavy (non-hydrogen) atoms. The molecule has 2 aromatic heterocycles. The molecule has 5 nitrogen and oxygen atoms in total. The Hall–Kier alpha value is -2.30. The van der Waals surface area contributed by atoms with E-state index in [0.717, 1.165) is 22.5 Å². The van der Waals surface area contributed by atoms with Crippen LogP contribution < -0.4 is 5.73 Å². The summed E-state index contributed by atoms with van der Waals surface area (Å²) in [6.07, 6.45) is 0. The van der Waals surface area contributed by atoms with Gasteiger partial charge < -0.3 is 10.2 Å². The SMILES string of the molecule is Cc1nn(Cc2nc3cc(N)ccc3o2)c(C)c1C. The molecule has 3 rings (SSSR count). The number of oxazole rings is 1. The average molecular weight is 256 g/mol. The molecule has 2 N–H and O–H groups in total. The predicted octanol–water partition coefficient (Wildman–Crippen LogP) is 2.58. The van der Waals surface area contributed by atoms with Crippen LogP contribution in [0.3, 0.4) is 0 Å². The molecule has 0 aliphatic rings. The first-order valence-corrected chi connectivity index (χ1v) is 6.20. The molecule has 98 valence electrons. The van der Waals surface area contributed by atoms with Gasteiger partial charge in [-0.05, 0) is 44.5 Å². The molecule has 0 aliphatic carbocycles. The second-order valence-corrected chi connectivity index (χ2v) is 4.79. The summed E-state index contributed by atoms with van der Waals surface area (Å²) < 4.78 is 7.62. The number of nitrogens with two attached hydrogens (primary N) is 1. The molecule has 3 aromatic rings. The highest BCUT2D eigenvalue weighted by molar-refractivity contribution is 5.76. The van der Waals surface area contributed by atoms with Gasteiger partial charge in [0.15, 0.2) is 5.58 Å². The standard InChI is InChI=1S/C14H16N4O/c1-8-9(2)17-18(10(8)3)7-14-16-12-6-11(15)4-5-13(12)19-14/h4-6H,7,15H2,1-3H3. The molecule has 0 saturated carbocycles. The number of nitrogen functional groups attached to an aromatic ring is 1. The summed E-state index contributed by atoms with van der Waals surface area (Å²) in [4.78, 5) is 4.44. The van der Waals surface area contributed by atoms with Crippen molar-refractivity contribution in [1.29, 1.82) is 0 Å². The molecule has 0 radical (unpaired) electrons. The van der Waals surface area contributed by atoms with Crippen molar-refractivity contribution >= 4 is 16.8 Å². The molecular weight excluding hydrogens is 240 g/mol. The van der Waals surface area contributed by atoms with Crippen molar-refractivity contribution in [3.63, 3.8) is 0 Å². The quantitative estimate of drug-likeness (QED) is 0.715. The van der Waals surface area contributed by atoms with Crippen molar-refractivity contribution < 1.29 is 4.42 Å². The third kappa shape index (κ3) is 1.97. The lowest BCUT2D eigenvalue weighted by Crippen LogP contribution is -2.04. The molecule has 0 spiro atoms. The van der Waals surface area contributed by atoms with Crippen molar-refractivity contribution in [2.24, 2.45) is 0 Å².